The van der Waals surface area contributed by atoms with Gasteiger partial charge in [-0.3, -0.25) is 9.59 Å². The highest BCUT2D eigenvalue weighted by Crippen LogP contribution is 2.36. The Bertz CT molecular complexity index is 709. The monoisotopic (exact) mass is 346 g/mol. The topological polar surface area (TPSA) is 88.4 Å². The molecule has 1 aliphatic rings. The van der Waals surface area contributed by atoms with E-state index in [9.17, 15) is 14.9 Å². The van der Waals surface area contributed by atoms with E-state index in [4.69, 9.17) is 9.47 Å². The number of carbonyl (C=O) groups is 2. The van der Waals surface area contributed by atoms with Crippen LogP contribution in [0.2, 0.25) is 0 Å². The van der Waals surface area contributed by atoms with Crippen molar-refractivity contribution in [3.05, 3.63) is 40.4 Å². The van der Waals surface area contributed by atoms with E-state index in [1.165, 1.54) is 0 Å². The summed E-state index contributed by atoms with van der Waals surface area (Å²) in [5.74, 6) is -0.224. The number of nitriles is 1. The molecule has 6 nitrogen and oxygen atoms in total. The zero-order valence-corrected chi connectivity index (χ0v) is 14.3. The van der Waals surface area contributed by atoms with Crippen molar-refractivity contribution >= 4 is 23.6 Å². The molecule has 0 radical (unpaired) electrons. The summed E-state index contributed by atoms with van der Waals surface area (Å²) in [4.78, 5) is 23.5. The van der Waals surface area contributed by atoms with E-state index < -0.39 is 0 Å². The van der Waals surface area contributed by atoms with Gasteiger partial charge in [0.2, 0.25) is 5.91 Å². The molecule has 0 spiro atoms. The second kappa shape index (κ2) is 8.41. The van der Waals surface area contributed by atoms with Crippen LogP contribution in [-0.4, -0.2) is 31.3 Å². The van der Waals surface area contributed by atoms with Gasteiger partial charge in [0.25, 0.3) is 0 Å². The molecule has 0 aliphatic carbocycles. The Hall–Kier alpha value is -2.46. The highest BCUT2D eigenvalue weighted by molar-refractivity contribution is 8.03. The van der Waals surface area contributed by atoms with Gasteiger partial charge in [-0.25, -0.2) is 0 Å². The third kappa shape index (κ3) is 4.30. The number of allylic oxidation sites excluding steroid dienone is 1. The van der Waals surface area contributed by atoms with Crippen molar-refractivity contribution in [2.75, 3.05) is 19.5 Å². The fourth-order valence-electron chi connectivity index (χ4n) is 2.41. The van der Waals surface area contributed by atoms with Crippen LogP contribution >= 0.6 is 11.8 Å². The summed E-state index contributed by atoms with van der Waals surface area (Å²) in [7, 11) is 1.56. The van der Waals surface area contributed by atoms with Gasteiger partial charge in [0, 0.05) is 12.3 Å². The molecule has 0 bridgehead atoms. The Balaban J connectivity index is 2.29. The minimum atomic E-state index is -0.384. The number of benzene rings is 1. The van der Waals surface area contributed by atoms with Gasteiger partial charge in [-0.2, -0.15) is 5.26 Å². The molecular formula is C17H18N2O4S. The SMILES string of the molecule is CCOC(=O)CSC1=C(C#N)[C@H](c2cccc(OC)c2)CC(=O)N1. The van der Waals surface area contributed by atoms with Crippen LogP contribution in [0.1, 0.15) is 24.8 Å². The first-order valence-electron chi connectivity index (χ1n) is 7.45. The third-order valence-electron chi connectivity index (χ3n) is 3.49. The summed E-state index contributed by atoms with van der Waals surface area (Å²) < 4.78 is 10.1. The molecule has 0 saturated heterocycles. The number of thioether (sulfide) groups is 1. The van der Waals surface area contributed by atoms with Gasteiger partial charge in [0.15, 0.2) is 0 Å². The number of hydrogen-bond acceptors (Lipinski definition) is 6. The van der Waals surface area contributed by atoms with Crippen LogP contribution in [0.5, 0.6) is 5.75 Å². The quantitative estimate of drug-likeness (QED) is 0.795. The normalized spacial score (nSPS) is 17.0. The summed E-state index contributed by atoms with van der Waals surface area (Å²) in [6.45, 7) is 2.02. The number of esters is 1. The highest BCUT2D eigenvalue weighted by atomic mass is 32.2. The fourth-order valence-corrected chi connectivity index (χ4v) is 3.28. The average molecular weight is 346 g/mol. The second-order valence-electron chi connectivity index (χ2n) is 5.03. The van der Waals surface area contributed by atoms with Crippen LogP contribution < -0.4 is 10.1 Å². The molecule has 0 saturated carbocycles. The van der Waals surface area contributed by atoms with Crippen LogP contribution in [0.4, 0.5) is 0 Å². The van der Waals surface area contributed by atoms with Gasteiger partial charge in [-0.05, 0) is 24.6 Å². The van der Waals surface area contributed by atoms with E-state index in [1.54, 1.807) is 20.1 Å². The standard InChI is InChI=1S/C17H18N2O4S/c1-3-23-16(21)10-24-17-14(9-18)13(8-15(20)19-17)11-5-4-6-12(7-11)22-2/h4-7,13H,3,8,10H2,1-2H3,(H,19,20)/t13-/m0/s1. The number of carbonyl (C=O) groups excluding carboxylic acids is 2. The van der Waals surface area contributed by atoms with Crippen LogP contribution in [0, 0.1) is 11.3 Å². The molecule has 1 amide bonds. The van der Waals surface area contributed by atoms with Crippen LogP contribution in [-0.2, 0) is 14.3 Å². The van der Waals surface area contributed by atoms with Crippen LogP contribution in [0.25, 0.3) is 0 Å². The smallest absolute Gasteiger partial charge is 0.316 e. The summed E-state index contributed by atoms with van der Waals surface area (Å²) in [5.41, 5.74) is 1.27. The minimum Gasteiger partial charge on any atom is -0.497 e. The third-order valence-corrected chi connectivity index (χ3v) is 4.48. The molecule has 1 aliphatic heterocycles. The number of nitrogens with one attached hydrogen (secondary N) is 1. The number of amides is 1. The van der Waals surface area contributed by atoms with Gasteiger partial charge in [0.1, 0.15) is 5.75 Å². The first kappa shape index (κ1) is 17.9. The van der Waals surface area contributed by atoms with Crippen molar-refractivity contribution < 1.29 is 19.1 Å². The lowest BCUT2D eigenvalue weighted by molar-refractivity contribution is -0.139. The molecule has 1 heterocycles. The van der Waals surface area contributed by atoms with E-state index in [0.29, 0.717) is 23.0 Å². The van der Waals surface area contributed by atoms with Crippen molar-refractivity contribution in [1.29, 1.82) is 5.26 Å². The molecule has 24 heavy (non-hydrogen) atoms. The summed E-state index contributed by atoms with van der Waals surface area (Å²) in [6.07, 6.45) is 0.180. The average Bonchev–Trinajstić information content (AvgIpc) is 2.59. The maximum Gasteiger partial charge on any atom is 0.316 e. The van der Waals surface area contributed by atoms with E-state index in [0.717, 1.165) is 17.3 Å². The predicted octanol–water partition coefficient (Wildman–Crippen LogP) is 2.33. The lowest BCUT2D eigenvalue weighted by Gasteiger charge is -2.25. The number of ether oxygens (including phenoxy) is 2. The lowest BCUT2D eigenvalue weighted by atomic mass is 9.87. The first-order valence-corrected chi connectivity index (χ1v) is 8.44. The molecule has 0 fully saturated rings. The predicted molar refractivity (Wildman–Crippen MR) is 90.2 cm³/mol. The molecular weight excluding hydrogens is 328 g/mol. The molecule has 1 atom stereocenters. The van der Waals surface area contributed by atoms with E-state index in [2.05, 4.69) is 11.4 Å². The summed E-state index contributed by atoms with van der Waals surface area (Å²) in [6, 6.07) is 9.46. The van der Waals surface area contributed by atoms with Crippen LogP contribution in [0.15, 0.2) is 34.9 Å². The number of hydrogen-bond donors (Lipinski definition) is 1. The molecule has 7 heteroatoms. The molecule has 126 valence electrons. The van der Waals surface area contributed by atoms with E-state index in [-0.39, 0.29) is 30.0 Å². The van der Waals surface area contributed by atoms with Gasteiger partial charge in [-0.15, -0.1) is 0 Å². The molecule has 1 aromatic rings. The molecule has 0 unspecified atom stereocenters. The van der Waals surface area contributed by atoms with Gasteiger partial charge in [0.05, 0.1) is 36.1 Å². The van der Waals surface area contributed by atoms with Crippen molar-refractivity contribution in [3.8, 4) is 11.8 Å². The first-order chi connectivity index (χ1) is 11.6. The molecule has 1 aromatic carbocycles. The second-order valence-corrected chi connectivity index (χ2v) is 6.02. The largest absolute Gasteiger partial charge is 0.497 e. The minimum absolute atomic E-state index is 0.0411. The number of methoxy groups -OCH3 is 1. The number of nitrogens with zero attached hydrogens (tertiary/aromatic N) is 1. The van der Waals surface area contributed by atoms with Crippen molar-refractivity contribution in [2.24, 2.45) is 0 Å². The van der Waals surface area contributed by atoms with Gasteiger partial charge >= 0.3 is 5.97 Å². The Morgan fingerprint density at radius 1 is 1.50 bits per heavy atom. The Kier molecular flexibility index (Phi) is 6.27. The zero-order chi connectivity index (χ0) is 17.5. The maximum atomic E-state index is 12.0. The number of rotatable bonds is 6. The van der Waals surface area contributed by atoms with Crippen molar-refractivity contribution in [3.63, 3.8) is 0 Å². The Morgan fingerprint density at radius 3 is 2.96 bits per heavy atom. The zero-order valence-electron chi connectivity index (χ0n) is 13.5. The maximum absolute atomic E-state index is 12.0. The van der Waals surface area contributed by atoms with Gasteiger partial charge in [-0.1, -0.05) is 23.9 Å². The summed E-state index contributed by atoms with van der Waals surface area (Å²) in [5, 5.41) is 12.7. The molecule has 1 N–H and O–H groups in total. The highest BCUT2D eigenvalue weighted by Gasteiger charge is 2.30. The molecule has 2 rings (SSSR count). The van der Waals surface area contributed by atoms with Gasteiger partial charge < -0.3 is 14.8 Å². The van der Waals surface area contributed by atoms with E-state index >= 15 is 0 Å². The Labute approximate surface area is 144 Å². The van der Waals surface area contributed by atoms with Crippen molar-refractivity contribution in [1.82, 2.24) is 5.32 Å². The fraction of sp³-hybridized carbons (Fsp3) is 0.353. The lowest BCUT2D eigenvalue weighted by Crippen LogP contribution is -2.31. The van der Waals surface area contributed by atoms with Crippen molar-refractivity contribution in [2.45, 2.75) is 19.3 Å². The Morgan fingerprint density at radius 2 is 2.29 bits per heavy atom. The van der Waals surface area contributed by atoms with E-state index in [1.807, 2.05) is 18.2 Å². The summed E-state index contributed by atoms with van der Waals surface area (Å²) >= 11 is 1.11. The molecule has 0 aromatic heterocycles. The van der Waals surface area contributed by atoms with Crippen LogP contribution in [0.3, 0.4) is 0 Å².